The molecule has 6 heteroatoms. The largest absolute Gasteiger partial charge is 0.351 e. The molecule has 1 aliphatic rings. The summed E-state index contributed by atoms with van der Waals surface area (Å²) in [5.74, 6) is 0.0709. The average molecular weight is 434 g/mol. The highest BCUT2D eigenvalue weighted by atomic mass is 32.1. The molecule has 0 aliphatic carbocycles. The maximum atomic E-state index is 12.6. The van der Waals surface area contributed by atoms with Crippen molar-refractivity contribution in [1.29, 1.82) is 0 Å². The Bertz CT molecular complexity index is 1050. The van der Waals surface area contributed by atoms with Gasteiger partial charge in [0.05, 0.1) is 22.6 Å². The maximum Gasteiger partial charge on any atom is 0.220 e. The number of hydrogen-bond donors (Lipinski definition) is 2. The Kier molecular flexibility index (Phi) is 6.47. The minimum Gasteiger partial charge on any atom is -0.351 e. The second-order valence-corrected chi connectivity index (χ2v) is 9.20. The van der Waals surface area contributed by atoms with E-state index in [4.69, 9.17) is 0 Å². The van der Waals surface area contributed by atoms with Crippen molar-refractivity contribution in [3.8, 4) is 11.3 Å². The molecule has 0 bridgehead atoms. The second-order valence-electron chi connectivity index (χ2n) is 8.26. The summed E-state index contributed by atoms with van der Waals surface area (Å²) in [6.45, 7) is 2.53. The smallest absolute Gasteiger partial charge is 0.220 e. The normalized spacial score (nSPS) is 18.0. The molecule has 1 aliphatic heterocycles. The Morgan fingerprint density at radius 3 is 2.65 bits per heavy atom. The van der Waals surface area contributed by atoms with Crippen LogP contribution >= 0.6 is 11.3 Å². The Balaban J connectivity index is 1.35. The number of nitrogens with one attached hydrogen (secondary N) is 2. The molecule has 1 atom stereocenters. The van der Waals surface area contributed by atoms with E-state index < -0.39 is 0 Å². The summed E-state index contributed by atoms with van der Waals surface area (Å²) in [5.41, 5.74) is 5.84. The first kappa shape index (κ1) is 21.2. The molecule has 2 amide bonds. The van der Waals surface area contributed by atoms with E-state index in [1.165, 1.54) is 11.1 Å². The molecule has 5 nitrogen and oxygen atoms in total. The van der Waals surface area contributed by atoms with Crippen LogP contribution in [-0.4, -0.2) is 22.3 Å². The Morgan fingerprint density at radius 1 is 1.16 bits per heavy atom. The lowest BCUT2D eigenvalue weighted by atomic mass is 9.84. The highest BCUT2D eigenvalue weighted by molar-refractivity contribution is 7.10. The van der Waals surface area contributed by atoms with Gasteiger partial charge in [-0.1, -0.05) is 60.2 Å². The van der Waals surface area contributed by atoms with Gasteiger partial charge < -0.3 is 10.6 Å². The monoisotopic (exact) mass is 433 g/mol. The fourth-order valence-corrected chi connectivity index (χ4v) is 4.85. The van der Waals surface area contributed by atoms with Crippen molar-refractivity contribution in [2.45, 2.75) is 51.1 Å². The highest BCUT2D eigenvalue weighted by Gasteiger charge is 2.37. The van der Waals surface area contributed by atoms with Crippen molar-refractivity contribution >= 4 is 23.2 Å². The average Bonchev–Trinajstić information content (AvgIpc) is 3.40. The van der Waals surface area contributed by atoms with Gasteiger partial charge in [-0.15, -0.1) is 11.3 Å². The molecule has 0 saturated carbocycles. The maximum absolute atomic E-state index is 12.6. The quantitative estimate of drug-likeness (QED) is 0.553. The van der Waals surface area contributed by atoms with Crippen molar-refractivity contribution in [3.63, 3.8) is 0 Å². The number of carbonyl (C=O) groups is 2. The lowest BCUT2D eigenvalue weighted by Gasteiger charge is -2.29. The first-order valence-electron chi connectivity index (χ1n) is 10.6. The van der Waals surface area contributed by atoms with Crippen molar-refractivity contribution in [2.24, 2.45) is 0 Å². The summed E-state index contributed by atoms with van der Waals surface area (Å²) in [7, 11) is 0. The Hall–Kier alpha value is -2.99. The van der Waals surface area contributed by atoms with E-state index in [-0.39, 0.29) is 17.4 Å². The van der Waals surface area contributed by atoms with Gasteiger partial charge in [0.1, 0.15) is 0 Å². The summed E-state index contributed by atoms with van der Waals surface area (Å²) in [6.07, 6.45) is 3.05. The van der Waals surface area contributed by atoms with Gasteiger partial charge >= 0.3 is 0 Å². The van der Waals surface area contributed by atoms with Crippen LogP contribution < -0.4 is 10.6 Å². The number of carbonyl (C=O) groups excluding carboxylic acids is 2. The lowest BCUT2D eigenvalue weighted by molar-refractivity contribution is -0.122. The van der Waals surface area contributed by atoms with Gasteiger partial charge in [-0.3, -0.25) is 9.59 Å². The number of aryl methyl sites for hydroxylation is 1. The van der Waals surface area contributed by atoms with Crippen LogP contribution in [0.25, 0.3) is 11.3 Å². The zero-order valence-corrected chi connectivity index (χ0v) is 18.5. The van der Waals surface area contributed by atoms with E-state index in [0.717, 1.165) is 29.0 Å². The number of rotatable bonds is 8. The molecule has 1 saturated heterocycles. The predicted molar refractivity (Wildman–Crippen MR) is 124 cm³/mol. The lowest BCUT2D eigenvalue weighted by Crippen LogP contribution is -2.44. The number of aromatic nitrogens is 1. The van der Waals surface area contributed by atoms with Gasteiger partial charge in [-0.05, 0) is 31.7 Å². The van der Waals surface area contributed by atoms with Crippen LogP contribution in [-0.2, 0) is 22.6 Å². The zero-order valence-electron chi connectivity index (χ0n) is 17.7. The number of nitrogens with zero attached hydrogens (tertiary/aromatic N) is 1. The van der Waals surface area contributed by atoms with E-state index in [2.05, 4.69) is 46.8 Å². The summed E-state index contributed by atoms with van der Waals surface area (Å²) in [5, 5.41) is 6.20. The molecule has 2 N–H and O–H groups in total. The molecule has 1 unspecified atom stereocenters. The fourth-order valence-electron chi connectivity index (χ4n) is 4.13. The van der Waals surface area contributed by atoms with Crippen LogP contribution in [0.5, 0.6) is 0 Å². The van der Waals surface area contributed by atoms with Crippen LogP contribution in [0.2, 0.25) is 0 Å². The Labute approximate surface area is 186 Å². The van der Waals surface area contributed by atoms with Gasteiger partial charge in [-0.25, -0.2) is 4.98 Å². The van der Waals surface area contributed by atoms with Crippen LogP contribution in [0.1, 0.15) is 41.7 Å². The van der Waals surface area contributed by atoms with E-state index in [1.54, 1.807) is 11.3 Å². The number of amides is 2. The minimum absolute atomic E-state index is 0.00292. The van der Waals surface area contributed by atoms with Gasteiger partial charge in [0.25, 0.3) is 0 Å². The molecule has 1 fully saturated rings. The molecular weight excluding hydrogens is 406 g/mol. The molecular formula is C25H27N3O2S. The molecule has 160 valence electrons. The van der Waals surface area contributed by atoms with Crippen molar-refractivity contribution in [1.82, 2.24) is 15.6 Å². The molecule has 2 heterocycles. The van der Waals surface area contributed by atoms with Crippen molar-refractivity contribution in [2.75, 3.05) is 0 Å². The summed E-state index contributed by atoms with van der Waals surface area (Å²) in [4.78, 5) is 30.1. The van der Waals surface area contributed by atoms with Crippen LogP contribution in [0.15, 0.2) is 60.1 Å². The first-order chi connectivity index (χ1) is 15.0. The minimum atomic E-state index is -0.344. The van der Waals surface area contributed by atoms with E-state index >= 15 is 0 Å². The third kappa shape index (κ3) is 5.39. The van der Waals surface area contributed by atoms with Crippen LogP contribution in [0.3, 0.4) is 0 Å². The highest BCUT2D eigenvalue weighted by Crippen LogP contribution is 2.30. The fraction of sp³-hybridized carbons (Fsp3) is 0.320. The predicted octanol–water partition coefficient (Wildman–Crippen LogP) is 4.41. The number of hydrogen-bond acceptors (Lipinski definition) is 4. The number of thiazole rings is 1. The topological polar surface area (TPSA) is 71.1 Å². The molecule has 1 aromatic heterocycles. The molecule has 3 aromatic rings. The SMILES string of the molecule is Cc1ccc(CC2(CCC(=O)NCc3scnc3-c3ccccc3)CCC(=O)N2)cc1. The second kappa shape index (κ2) is 9.43. The molecule has 2 aromatic carbocycles. The van der Waals surface area contributed by atoms with E-state index in [9.17, 15) is 9.59 Å². The van der Waals surface area contributed by atoms with Crippen LogP contribution in [0, 0.1) is 6.92 Å². The van der Waals surface area contributed by atoms with Gasteiger partial charge in [-0.2, -0.15) is 0 Å². The zero-order chi connectivity index (χ0) is 21.7. The third-order valence-electron chi connectivity index (χ3n) is 5.86. The van der Waals surface area contributed by atoms with Gasteiger partial charge in [0.15, 0.2) is 0 Å². The van der Waals surface area contributed by atoms with Gasteiger partial charge in [0.2, 0.25) is 11.8 Å². The number of benzene rings is 2. The molecule has 4 rings (SSSR count). The summed E-state index contributed by atoms with van der Waals surface area (Å²) < 4.78 is 0. The molecule has 31 heavy (non-hydrogen) atoms. The first-order valence-corrected chi connectivity index (χ1v) is 11.5. The molecule has 0 radical (unpaired) electrons. The standard InChI is InChI=1S/C25H27N3O2S/c1-18-7-9-19(10-8-18)15-25(14-12-23(30)28-25)13-11-22(29)26-16-21-24(27-17-31-21)20-5-3-2-4-6-20/h2-10,17H,11-16H2,1H3,(H,26,29)(H,28,30). The Morgan fingerprint density at radius 2 is 1.94 bits per heavy atom. The third-order valence-corrected chi connectivity index (χ3v) is 6.70. The van der Waals surface area contributed by atoms with E-state index in [0.29, 0.717) is 25.8 Å². The molecule has 0 spiro atoms. The summed E-state index contributed by atoms with van der Waals surface area (Å²) in [6, 6.07) is 18.4. The van der Waals surface area contributed by atoms with Gasteiger partial charge in [0, 0.05) is 23.9 Å². The van der Waals surface area contributed by atoms with Crippen molar-refractivity contribution in [3.05, 3.63) is 76.1 Å². The summed E-state index contributed by atoms with van der Waals surface area (Å²) >= 11 is 1.55. The van der Waals surface area contributed by atoms with Crippen molar-refractivity contribution < 1.29 is 9.59 Å². The van der Waals surface area contributed by atoms with Crippen LogP contribution in [0.4, 0.5) is 0 Å². The van der Waals surface area contributed by atoms with E-state index in [1.807, 2.05) is 35.8 Å².